The molecule has 1 aromatic carbocycles. The lowest BCUT2D eigenvalue weighted by molar-refractivity contribution is 0.136. The Bertz CT molecular complexity index is 572. The van der Waals surface area contributed by atoms with Gasteiger partial charge in [0.2, 0.25) is 0 Å². The number of nitrogens with two attached hydrogens (primary N) is 1. The van der Waals surface area contributed by atoms with Crippen LogP contribution in [0.3, 0.4) is 0 Å². The fourth-order valence-corrected chi connectivity index (χ4v) is 2.93. The Labute approximate surface area is 119 Å². The van der Waals surface area contributed by atoms with Gasteiger partial charge in [0.05, 0.1) is 12.6 Å². The number of aromatic nitrogens is 3. The molecule has 2 aromatic rings. The van der Waals surface area contributed by atoms with E-state index in [2.05, 4.69) is 57.8 Å². The molecule has 2 N–H and O–H groups in total. The van der Waals surface area contributed by atoms with Crippen molar-refractivity contribution < 1.29 is 0 Å². The summed E-state index contributed by atoms with van der Waals surface area (Å²) in [6.45, 7) is 6.89. The third-order valence-corrected chi connectivity index (χ3v) is 3.98. The average Bonchev–Trinajstić information content (AvgIpc) is 2.88. The van der Waals surface area contributed by atoms with Gasteiger partial charge in [-0.05, 0) is 19.4 Å². The fraction of sp³-hybridized carbons (Fsp3) is 0.467. The molecule has 0 amide bonds. The number of rotatable bonds is 3. The molecule has 0 fully saturated rings. The van der Waals surface area contributed by atoms with Crippen LogP contribution < -0.4 is 5.73 Å². The first-order valence-electron chi connectivity index (χ1n) is 7.08. The highest BCUT2D eigenvalue weighted by Gasteiger charge is 2.28. The van der Waals surface area contributed by atoms with Gasteiger partial charge in [-0.3, -0.25) is 4.90 Å². The van der Waals surface area contributed by atoms with Gasteiger partial charge in [0, 0.05) is 19.1 Å². The van der Waals surface area contributed by atoms with Crippen LogP contribution in [0.2, 0.25) is 0 Å². The lowest BCUT2D eigenvalue weighted by Gasteiger charge is -2.36. The van der Waals surface area contributed by atoms with Crippen LogP contribution in [-0.2, 0) is 13.1 Å². The molecule has 2 heterocycles. The highest BCUT2D eigenvalue weighted by Crippen LogP contribution is 2.27. The summed E-state index contributed by atoms with van der Waals surface area (Å²) in [6.07, 6.45) is 1.80. The van der Waals surface area contributed by atoms with Gasteiger partial charge in [-0.15, -0.1) is 10.2 Å². The minimum Gasteiger partial charge on any atom is -0.326 e. The van der Waals surface area contributed by atoms with Gasteiger partial charge in [-0.25, -0.2) is 0 Å². The molecule has 3 rings (SSSR count). The standard InChI is InChI=1S/C15H21N5/c1-11-3-5-13(6-4-11)15(12(2)16)19-7-8-20-10-17-18-14(20)9-19/h3-6,10,12,15H,7-9,16H2,1-2H3. The van der Waals surface area contributed by atoms with Crippen molar-refractivity contribution in [3.63, 3.8) is 0 Å². The summed E-state index contributed by atoms with van der Waals surface area (Å²) in [7, 11) is 0. The fourth-order valence-electron chi connectivity index (χ4n) is 2.93. The molecule has 2 atom stereocenters. The molecule has 0 aliphatic carbocycles. The summed E-state index contributed by atoms with van der Waals surface area (Å²) in [6, 6.07) is 8.97. The van der Waals surface area contributed by atoms with Crippen molar-refractivity contribution in [3.05, 3.63) is 47.5 Å². The van der Waals surface area contributed by atoms with Gasteiger partial charge in [0.1, 0.15) is 12.2 Å². The van der Waals surface area contributed by atoms with Gasteiger partial charge in [0.25, 0.3) is 0 Å². The van der Waals surface area contributed by atoms with Gasteiger partial charge in [0.15, 0.2) is 0 Å². The Kier molecular flexibility index (Phi) is 3.54. The molecule has 0 bridgehead atoms. The minimum absolute atomic E-state index is 0.0761. The quantitative estimate of drug-likeness (QED) is 0.919. The van der Waals surface area contributed by atoms with E-state index < -0.39 is 0 Å². The molecule has 2 unspecified atom stereocenters. The van der Waals surface area contributed by atoms with E-state index in [0.29, 0.717) is 0 Å². The third kappa shape index (κ3) is 2.46. The van der Waals surface area contributed by atoms with Crippen LogP contribution in [0.25, 0.3) is 0 Å². The second-order valence-electron chi connectivity index (χ2n) is 5.63. The molecule has 1 aromatic heterocycles. The van der Waals surface area contributed by atoms with Crippen LogP contribution in [-0.4, -0.2) is 32.3 Å². The SMILES string of the molecule is Cc1ccc(C(C(C)N)N2CCn3cnnc3C2)cc1. The van der Waals surface area contributed by atoms with Gasteiger partial charge in [-0.2, -0.15) is 0 Å². The monoisotopic (exact) mass is 271 g/mol. The topological polar surface area (TPSA) is 60.0 Å². The smallest absolute Gasteiger partial charge is 0.147 e. The largest absolute Gasteiger partial charge is 0.326 e. The van der Waals surface area contributed by atoms with Crippen molar-refractivity contribution in [2.24, 2.45) is 5.73 Å². The molecule has 0 saturated carbocycles. The Morgan fingerprint density at radius 2 is 1.95 bits per heavy atom. The number of aryl methyl sites for hydroxylation is 1. The van der Waals surface area contributed by atoms with Gasteiger partial charge < -0.3 is 10.3 Å². The molecule has 1 aliphatic heterocycles. The zero-order valence-electron chi connectivity index (χ0n) is 12.0. The number of hydrogen-bond donors (Lipinski definition) is 1. The van der Waals surface area contributed by atoms with E-state index in [9.17, 15) is 0 Å². The van der Waals surface area contributed by atoms with Gasteiger partial charge in [-0.1, -0.05) is 29.8 Å². The normalized spacial score (nSPS) is 18.6. The van der Waals surface area contributed by atoms with E-state index in [4.69, 9.17) is 5.73 Å². The maximum absolute atomic E-state index is 6.25. The van der Waals surface area contributed by atoms with Crippen molar-refractivity contribution in [2.75, 3.05) is 6.54 Å². The van der Waals surface area contributed by atoms with E-state index in [1.807, 2.05) is 0 Å². The Balaban J connectivity index is 1.87. The Morgan fingerprint density at radius 3 is 2.65 bits per heavy atom. The number of benzene rings is 1. The second-order valence-corrected chi connectivity index (χ2v) is 5.63. The van der Waals surface area contributed by atoms with Crippen LogP contribution in [0, 0.1) is 6.92 Å². The zero-order chi connectivity index (χ0) is 14.1. The summed E-state index contributed by atoms with van der Waals surface area (Å²) >= 11 is 0. The lowest BCUT2D eigenvalue weighted by atomic mass is 9.97. The highest BCUT2D eigenvalue weighted by atomic mass is 15.3. The van der Waals surface area contributed by atoms with Crippen LogP contribution in [0.4, 0.5) is 0 Å². The van der Waals surface area contributed by atoms with Crippen LogP contribution in [0.15, 0.2) is 30.6 Å². The Hall–Kier alpha value is -1.72. The molecule has 1 aliphatic rings. The first-order valence-corrected chi connectivity index (χ1v) is 7.08. The van der Waals surface area contributed by atoms with Crippen LogP contribution in [0.5, 0.6) is 0 Å². The van der Waals surface area contributed by atoms with Crippen LogP contribution in [0.1, 0.15) is 29.9 Å². The summed E-state index contributed by atoms with van der Waals surface area (Å²) in [5, 5.41) is 8.17. The minimum atomic E-state index is 0.0761. The van der Waals surface area contributed by atoms with E-state index in [0.717, 1.165) is 25.5 Å². The first-order chi connectivity index (χ1) is 9.65. The van der Waals surface area contributed by atoms with Crippen LogP contribution >= 0.6 is 0 Å². The summed E-state index contributed by atoms with van der Waals surface area (Å²) in [5.41, 5.74) is 8.80. The predicted molar refractivity (Wildman–Crippen MR) is 78.0 cm³/mol. The molecule has 0 spiro atoms. The lowest BCUT2D eigenvalue weighted by Crippen LogP contribution is -2.43. The zero-order valence-corrected chi connectivity index (χ0v) is 12.0. The van der Waals surface area contributed by atoms with Crippen molar-refractivity contribution in [2.45, 2.75) is 39.0 Å². The van der Waals surface area contributed by atoms with Crippen molar-refractivity contribution >= 4 is 0 Å². The molecule has 0 radical (unpaired) electrons. The molecular formula is C15H21N5. The van der Waals surface area contributed by atoms with Crippen molar-refractivity contribution in [1.82, 2.24) is 19.7 Å². The summed E-state index contributed by atoms with van der Waals surface area (Å²) < 4.78 is 2.11. The van der Waals surface area contributed by atoms with Crippen molar-refractivity contribution in [1.29, 1.82) is 0 Å². The number of nitrogens with zero attached hydrogens (tertiary/aromatic N) is 4. The van der Waals surface area contributed by atoms with E-state index in [1.165, 1.54) is 11.1 Å². The predicted octanol–water partition coefficient (Wildman–Crippen LogP) is 1.49. The molecule has 106 valence electrons. The molecular weight excluding hydrogens is 250 g/mol. The first kappa shape index (κ1) is 13.3. The maximum Gasteiger partial charge on any atom is 0.147 e. The highest BCUT2D eigenvalue weighted by molar-refractivity contribution is 5.25. The summed E-state index contributed by atoms with van der Waals surface area (Å²) in [5.74, 6) is 1.02. The van der Waals surface area contributed by atoms with E-state index in [-0.39, 0.29) is 12.1 Å². The summed E-state index contributed by atoms with van der Waals surface area (Å²) in [4.78, 5) is 2.40. The second kappa shape index (κ2) is 5.34. The third-order valence-electron chi connectivity index (χ3n) is 3.98. The Morgan fingerprint density at radius 1 is 1.20 bits per heavy atom. The van der Waals surface area contributed by atoms with Crippen molar-refractivity contribution in [3.8, 4) is 0 Å². The average molecular weight is 271 g/mol. The van der Waals surface area contributed by atoms with E-state index in [1.54, 1.807) is 6.33 Å². The molecule has 0 saturated heterocycles. The van der Waals surface area contributed by atoms with Gasteiger partial charge >= 0.3 is 0 Å². The number of hydrogen-bond acceptors (Lipinski definition) is 4. The molecule has 20 heavy (non-hydrogen) atoms. The molecule has 5 nitrogen and oxygen atoms in total. The van der Waals surface area contributed by atoms with E-state index >= 15 is 0 Å². The maximum atomic E-state index is 6.25. The molecule has 5 heteroatoms. The number of fused-ring (bicyclic) bond motifs is 1.